The van der Waals surface area contributed by atoms with E-state index in [0.29, 0.717) is 55.5 Å². The third kappa shape index (κ3) is 6.03. The fourth-order valence-corrected chi connectivity index (χ4v) is 5.54. The van der Waals surface area contributed by atoms with Crippen molar-refractivity contribution < 1.29 is 14.3 Å². The first-order chi connectivity index (χ1) is 19.3. The molecular formula is C31H33BrClN3O4. The largest absolute Gasteiger partial charge is 0.497 e. The van der Waals surface area contributed by atoms with E-state index in [-0.39, 0.29) is 11.5 Å². The fraction of sp³-hybridized carbons (Fsp3) is 0.323. The van der Waals surface area contributed by atoms with E-state index in [2.05, 4.69) is 22.9 Å². The molecule has 4 aromatic rings. The molecule has 1 unspecified atom stereocenters. The van der Waals surface area contributed by atoms with E-state index in [9.17, 15) is 9.59 Å². The van der Waals surface area contributed by atoms with E-state index in [0.717, 1.165) is 25.7 Å². The lowest BCUT2D eigenvalue weighted by Crippen LogP contribution is -2.38. The van der Waals surface area contributed by atoms with E-state index >= 15 is 0 Å². The zero-order valence-electron chi connectivity index (χ0n) is 23.1. The number of para-hydroxylation sites is 1. The number of halogens is 2. The van der Waals surface area contributed by atoms with Gasteiger partial charge in [0.2, 0.25) is 0 Å². The second-order valence-corrected chi connectivity index (χ2v) is 10.7. The molecule has 1 atom stereocenters. The number of methoxy groups -OCH3 is 2. The molecule has 0 fully saturated rings. The molecule has 3 aromatic carbocycles. The van der Waals surface area contributed by atoms with Crippen LogP contribution in [0.25, 0.3) is 16.6 Å². The lowest BCUT2D eigenvalue weighted by atomic mass is 10.1. The number of fused-ring (bicyclic) bond motifs is 1. The van der Waals surface area contributed by atoms with Gasteiger partial charge >= 0.3 is 0 Å². The monoisotopic (exact) mass is 625 g/mol. The summed E-state index contributed by atoms with van der Waals surface area (Å²) in [5.41, 5.74) is 1.19. The van der Waals surface area contributed by atoms with Crippen LogP contribution >= 0.6 is 27.5 Å². The number of amides is 1. The van der Waals surface area contributed by atoms with Gasteiger partial charge in [-0.25, -0.2) is 4.98 Å². The van der Waals surface area contributed by atoms with Gasteiger partial charge in [0.25, 0.3) is 11.5 Å². The van der Waals surface area contributed by atoms with Crippen LogP contribution < -0.4 is 15.0 Å². The predicted octanol–water partition coefficient (Wildman–Crippen LogP) is 7.60. The number of carbonyl (C=O) groups excluding carboxylic acids is 1. The van der Waals surface area contributed by atoms with Crippen LogP contribution in [0.3, 0.4) is 0 Å². The van der Waals surface area contributed by atoms with Gasteiger partial charge in [-0.05, 0) is 53.5 Å². The van der Waals surface area contributed by atoms with Gasteiger partial charge in [0, 0.05) is 18.7 Å². The Kier molecular flexibility index (Phi) is 9.87. The molecule has 40 heavy (non-hydrogen) atoms. The first-order valence-electron chi connectivity index (χ1n) is 13.3. The van der Waals surface area contributed by atoms with Crippen molar-refractivity contribution in [3.05, 3.63) is 91.9 Å². The number of nitrogens with zero attached hydrogens (tertiary/aromatic N) is 3. The number of carbonyl (C=O) groups is 1. The number of hydrogen-bond acceptors (Lipinski definition) is 5. The maximum Gasteiger partial charge on any atom is 0.266 e. The standard InChI is InChI=1S/C31H33BrClN3O4/c1-5-6-7-12-17-35(30(37)22-13-8-10-15-24(22)33)20(2)29-34-25-16-11-9-14-23(25)31(38)36(29)26-18-21(39-3)19-27(40-4)28(26)32/h8-11,13-16,18-20H,5-7,12,17H2,1-4H3. The topological polar surface area (TPSA) is 73.7 Å². The molecule has 9 heteroatoms. The number of unbranched alkanes of at least 4 members (excludes halogenated alkanes) is 3. The highest BCUT2D eigenvalue weighted by Gasteiger charge is 2.29. The molecule has 4 rings (SSSR count). The fourth-order valence-electron chi connectivity index (χ4n) is 4.76. The zero-order chi connectivity index (χ0) is 28.8. The summed E-state index contributed by atoms with van der Waals surface area (Å²) in [6.07, 6.45) is 3.93. The Morgan fingerprint density at radius 2 is 1.77 bits per heavy atom. The third-order valence-electron chi connectivity index (χ3n) is 6.95. The van der Waals surface area contributed by atoms with Crippen molar-refractivity contribution in [1.29, 1.82) is 0 Å². The summed E-state index contributed by atoms with van der Waals surface area (Å²) in [4.78, 5) is 34.8. The Labute approximate surface area is 247 Å². The molecule has 0 bridgehead atoms. The molecule has 1 aromatic heterocycles. The summed E-state index contributed by atoms with van der Waals surface area (Å²) in [7, 11) is 3.10. The molecule has 0 spiro atoms. The van der Waals surface area contributed by atoms with E-state index in [1.54, 1.807) is 78.3 Å². The van der Waals surface area contributed by atoms with Gasteiger partial charge in [-0.2, -0.15) is 0 Å². The van der Waals surface area contributed by atoms with Gasteiger partial charge in [0.1, 0.15) is 17.3 Å². The Morgan fingerprint density at radius 3 is 2.48 bits per heavy atom. The van der Waals surface area contributed by atoms with Gasteiger partial charge < -0.3 is 14.4 Å². The minimum Gasteiger partial charge on any atom is -0.497 e. The SMILES string of the molecule is CCCCCCN(C(=O)c1ccccc1Cl)C(C)c1nc2ccccc2c(=O)n1-c1cc(OC)cc(OC)c1Br. The second kappa shape index (κ2) is 13.3. The molecule has 0 N–H and O–H groups in total. The van der Waals surface area contributed by atoms with Crippen LogP contribution in [-0.2, 0) is 0 Å². The number of ether oxygens (including phenoxy) is 2. The van der Waals surface area contributed by atoms with Gasteiger partial charge in [-0.15, -0.1) is 0 Å². The molecule has 210 valence electrons. The molecule has 0 saturated heterocycles. The molecule has 0 aliphatic carbocycles. The van der Waals surface area contributed by atoms with Crippen molar-refractivity contribution in [3.63, 3.8) is 0 Å². The van der Waals surface area contributed by atoms with Gasteiger partial charge in [0.05, 0.1) is 51.9 Å². The molecule has 0 aliphatic rings. The van der Waals surface area contributed by atoms with Crippen LogP contribution in [0.15, 0.2) is 69.9 Å². The summed E-state index contributed by atoms with van der Waals surface area (Å²) in [5, 5.41) is 0.835. The molecule has 1 heterocycles. The van der Waals surface area contributed by atoms with Crippen LogP contribution in [0.4, 0.5) is 0 Å². The lowest BCUT2D eigenvalue weighted by molar-refractivity contribution is 0.0677. The summed E-state index contributed by atoms with van der Waals surface area (Å²) >= 11 is 10.1. The zero-order valence-corrected chi connectivity index (χ0v) is 25.5. The van der Waals surface area contributed by atoms with Gasteiger partial charge in [-0.1, -0.05) is 62.1 Å². The first kappa shape index (κ1) is 29.6. The molecule has 7 nitrogen and oxygen atoms in total. The average Bonchev–Trinajstić information content (AvgIpc) is 2.97. The molecule has 0 aliphatic heterocycles. The van der Waals surface area contributed by atoms with Crippen molar-refractivity contribution in [1.82, 2.24) is 14.5 Å². The summed E-state index contributed by atoms with van der Waals surface area (Å²) < 4.78 is 13.2. The normalized spacial score (nSPS) is 11.8. The van der Waals surface area contributed by atoms with Crippen molar-refractivity contribution in [2.75, 3.05) is 20.8 Å². The smallest absolute Gasteiger partial charge is 0.266 e. The highest BCUT2D eigenvalue weighted by molar-refractivity contribution is 9.10. The van der Waals surface area contributed by atoms with Crippen LogP contribution in [0, 0.1) is 0 Å². The van der Waals surface area contributed by atoms with Crippen molar-refractivity contribution in [2.45, 2.75) is 45.6 Å². The van der Waals surface area contributed by atoms with Crippen molar-refractivity contribution in [3.8, 4) is 17.2 Å². The summed E-state index contributed by atoms with van der Waals surface area (Å²) in [6.45, 7) is 4.52. The van der Waals surface area contributed by atoms with Crippen molar-refractivity contribution in [2.24, 2.45) is 0 Å². The summed E-state index contributed by atoms with van der Waals surface area (Å²) in [5.74, 6) is 1.20. The number of aromatic nitrogens is 2. The quantitative estimate of drug-likeness (QED) is 0.160. The number of benzene rings is 3. The van der Waals surface area contributed by atoms with Crippen LogP contribution in [0.2, 0.25) is 5.02 Å². The maximum atomic E-state index is 14.1. The number of rotatable bonds is 11. The molecule has 0 saturated carbocycles. The maximum absolute atomic E-state index is 14.1. The lowest BCUT2D eigenvalue weighted by Gasteiger charge is -2.31. The van der Waals surface area contributed by atoms with Gasteiger partial charge in [-0.3, -0.25) is 14.2 Å². The molecular weight excluding hydrogens is 594 g/mol. The third-order valence-corrected chi connectivity index (χ3v) is 8.08. The minimum absolute atomic E-state index is 0.217. The van der Waals surface area contributed by atoms with E-state index in [1.165, 1.54) is 0 Å². The number of hydrogen-bond donors (Lipinski definition) is 0. The highest BCUT2D eigenvalue weighted by atomic mass is 79.9. The molecule has 0 radical (unpaired) electrons. The van der Waals surface area contributed by atoms with Crippen LogP contribution in [0.1, 0.15) is 61.8 Å². The van der Waals surface area contributed by atoms with Crippen LogP contribution in [0.5, 0.6) is 11.5 Å². The van der Waals surface area contributed by atoms with E-state index in [4.69, 9.17) is 26.1 Å². The van der Waals surface area contributed by atoms with E-state index in [1.807, 2.05) is 13.0 Å². The van der Waals surface area contributed by atoms with Crippen LogP contribution in [-0.4, -0.2) is 41.1 Å². The molecule has 1 amide bonds. The Morgan fingerprint density at radius 1 is 1.05 bits per heavy atom. The Balaban J connectivity index is 1.95. The highest BCUT2D eigenvalue weighted by Crippen LogP contribution is 2.37. The minimum atomic E-state index is -0.577. The van der Waals surface area contributed by atoms with Crippen molar-refractivity contribution >= 4 is 44.3 Å². The second-order valence-electron chi connectivity index (χ2n) is 9.51. The van der Waals surface area contributed by atoms with Gasteiger partial charge in [0.15, 0.2) is 0 Å². The Bertz CT molecular complexity index is 1570. The van der Waals surface area contributed by atoms with E-state index < -0.39 is 6.04 Å². The summed E-state index contributed by atoms with van der Waals surface area (Å²) in [6, 6.07) is 17.1. The average molecular weight is 627 g/mol. The Hall–Kier alpha value is -3.36. The predicted molar refractivity (Wildman–Crippen MR) is 163 cm³/mol. The first-order valence-corrected chi connectivity index (χ1v) is 14.5.